The minimum Gasteiger partial charge on any atom is -0.455 e. The first kappa shape index (κ1) is 25.5. The molecule has 3 N–H and O–H groups in total. The van der Waals surface area contributed by atoms with Crippen LogP contribution in [-0.2, 0) is 11.3 Å². The van der Waals surface area contributed by atoms with Gasteiger partial charge in [0.25, 0.3) is 5.91 Å². The molecule has 200 valence electrons. The van der Waals surface area contributed by atoms with Crippen LogP contribution in [0.1, 0.15) is 36.3 Å². The average molecular weight is 542 g/mol. The van der Waals surface area contributed by atoms with Crippen LogP contribution < -0.4 is 15.4 Å². The van der Waals surface area contributed by atoms with Crippen molar-refractivity contribution in [1.82, 2.24) is 25.5 Å². The molecule has 0 aliphatic carbocycles. The number of hydrogen-bond donors (Lipinski definition) is 3. The van der Waals surface area contributed by atoms with E-state index in [-0.39, 0.29) is 23.3 Å². The number of rotatable bonds is 7. The Morgan fingerprint density at radius 2 is 1.95 bits per heavy atom. The maximum absolute atomic E-state index is 13.2. The molecule has 0 unspecified atom stereocenters. The van der Waals surface area contributed by atoms with Crippen LogP contribution >= 0.6 is 11.8 Å². The number of amides is 2. The Hall–Kier alpha value is -3.82. The number of hydrogen-bond acceptors (Lipinski definition) is 6. The van der Waals surface area contributed by atoms with Crippen LogP contribution in [0.4, 0.5) is 0 Å². The maximum atomic E-state index is 13.2. The van der Waals surface area contributed by atoms with E-state index in [1.165, 1.54) is 0 Å². The van der Waals surface area contributed by atoms with E-state index in [0.717, 1.165) is 45.1 Å². The van der Waals surface area contributed by atoms with E-state index >= 15 is 0 Å². The van der Waals surface area contributed by atoms with Gasteiger partial charge in [0.2, 0.25) is 5.91 Å². The van der Waals surface area contributed by atoms with Gasteiger partial charge in [0.05, 0.1) is 22.4 Å². The van der Waals surface area contributed by atoms with Crippen molar-refractivity contribution in [2.24, 2.45) is 5.41 Å². The van der Waals surface area contributed by atoms with Crippen LogP contribution in [0.15, 0.2) is 76.8 Å². The third-order valence-electron chi connectivity index (χ3n) is 7.23. The van der Waals surface area contributed by atoms with E-state index in [0.29, 0.717) is 30.9 Å². The summed E-state index contributed by atoms with van der Waals surface area (Å²) in [7, 11) is 0. The largest absolute Gasteiger partial charge is 0.455 e. The molecule has 4 aromatic rings. The van der Waals surface area contributed by atoms with Crippen molar-refractivity contribution in [1.29, 1.82) is 0 Å². The van der Waals surface area contributed by atoms with Crippen LogP contribution in [0.25, 0.3) is 10.9 Å². The lowest BCUT2D eigenvalue weighted by atomic mass is 9.90. The summed E-state index contributed by atoms with van der Waals surface area (Å²) < 4.78 is 6.03. The van der Waals surface area contributed by atoms with Gasteiger partial charge in [-0.05, 0) is 54.3 Å². The number of fused-ring (bicyclic) bond motifs is 3. The summed E-state index contributed by atoms with van der Waals surface area (Å²) in [5.41, 5.74) is 2.52. The van der Waals surface area contributed by atoms with E-state index in [1.54, 1.807) is 24.0 Å². The number of carbonyl (C=O) groups excluding carboxylic acids is 2. The lowest BCUT2D eigenvalue weighted by molar-refractivity contribution is -0.125. The highest BCUT2D eigenvalue weighted by molar-refractivity contribution is 7.99. The topological polar surface area (TPSA) is 99.4 Å². The third kappa shape index (κ3) is 5.51. The van der Waals surface area contributed by atoms with Crippen molar-refractivity contribution in [2.75, 3.05) is 19.6 Å². The quantitative estimate of drug-likeness (QED) is 0.269. The number of aromatic nitrogens is 2. The summed E-state index contributed by atoms with van der Waals surface area (Å²) in [6, 6.07) is 17.1. The van der Waals surface area contributed by atoms with Gasteiger partial charge in [0, 0.05) is 54.2 Å². The highest BCUT2D eigenvalue weighted by atomic mass is 32.2. The Kier molecular flexibility index (Phi) is 6.78. The van der Waals surface area contributed by atoms with Crippen LogP contribution in [0.5, 0.6) is 11.5 Å². The monoisotopic (exact) mass is 541 g/mol. The molecule has 0 bridgehead atoms. The zero-order valence-electron chi connectivity index (χ0n) is 22.0. The van der Waals surface area contributed by atoms with E-state index in [4.69, 9.17) is 4.74 Å². The molecule has 2 aromatic carbocycles. The van der Waals surface area contributed by atoms with Gasteiger partial charge in [0.15, 0.2) is 0 Å². The predicted octanol–water partition coefficient (Wildman–Crippen LogP) is 4.97. The maximum Gasteiger partial charge on any atom is 0.251 e. The normalized spacial score (nSPS) is 17.7. The lowest BCUT2D eigenvalue weighted by Gasteiger charge is -2.24. The third-order valence-corrected chi connectivity index (χ3v) is 8.34. The molecule has 9 heteroatoms. The molecule has 2 aliphatic heterocycles. The second-order valence-corrected chi connectivity index (χ2v) is 12.0. The van der Waals surface area contributed by atoms with Crippen molar-refractivity contribution in [3.8, 4) is 11.5 Å². The van der Waals surface area contributed by atoms with Gasteiger partial charge in [-0.2, -0.15) is 0 Å². The smallest absolute Gasteiger partial charge is 0.251 e. The number of nitrogens with one attached hydrogen (secondary N) is 3. The number of para-hydroxylation sites is 1. The van der Waals surface area contributed by atoms with Gasteiger partial charge in [-0.25, -0.2) is 0 Å². The van der Waals surface area contributed by atoms with E-state index in [1.807, 2.05) is 54.7 Å². The Labute approximate surface area is 231 Å². The van der Waals surface area contributed by atoms with E-state index in [2.05, 4.69) is 39.3 Å². The molecule has 2 aromatic heterocycles. The fourth-order valence-electron chi connectivity index (χ4n) is 5.38. The van der Waals surface area contributed by atoms with Crippen molar-refractivity contribution in [3.63, 3.8) is 0 Å². The minimum absolute atomic E-state index is 0.00769. The molecule has 4 heterocycles. The molecule has 0 spiro atoms. The van der Waals surface area contributed by atoms with Crippen molar-refractivity contribution in [3.05, 3.63) is 78.2 Å². The molecule has 0 radical (unpaired) electrons. The van der Waals surface area contributed by atoms with Gasteiger partial charge < -0.3 is 20.4 Å². The lowest BCUT2D eigenvalue weighted by Crippen LogP contribution is -2.45. The molecule has 2 aliphatic rings. The zero-order valence-corrected chi connectivity index (χ0v) is 22.8. The number of H-pyrrole nitrogens is 1. The molecule has 6 rings (SSSR count). The number of aromatic amines is 1. The molecule has 1 saturated heterocycles. The number of ether oxygens (including phenoxy) is 1. The number of carbonyl (C=O) groups is 2. The van der Waals surface area contributed by atoms with Crippen LogP contribution in [0.2, 0.25) is 0 Å². The molecule has 2 amide bonds. The molecule has 1 atom stereocenters. The summed E-state index contributed by atoms with van der Waals surface area (Å²) in [5, 5.41) is 7.14. The van der Waals surface area contributed by atoms with Crippen LogP contribution in [0, 0.1) is 5.41 Å². The van der Waals surface area contributed by atoms with Crippen LogP contribution in [0.3, 0.4) is 0 Å². The van der Waals surface area contributed by atoms with Crippen molar-refractivity contribution in [2.45, 2.75) is 42.6 Å². The first-order valence-electron chi connectivity index (χ1n) is 13.1. The Bertz CT molecular complexity index is 1520. The second kappa shape index (κ2) is 10.4. The highest BCUT2D eigenvalue weighted by Gasteiger charge is 2.40. The summed E-state index contributed by atoms with van der Waals surface area (Å²) in [4.78, 5) is 37.8. The number of likely N-dealkylation sites (tertiary alicyclic amines) is 1. The van der Waals surface area contributed by atoms with E-state index < -0.39 is 0 Å². The first-order chi connectivity index (χ1) is 18.8. The van der Waals surface area contributed by atoms with E-state index in [9.17, 15) is 9.59 Å². The fourth-order valence-corrected chi connectivity index (χ4v) is 6.31. The summed E-state index contributed by atoms with van der Waals surface area (Å²) in [6.45, 7) is 6.62. The average Bonchev–Trinajstić information content (AvgIpc) is 3.49. The van der Waals surface area contributed by atoms with Gasteiger partial charge >= 0.3 is 0 Å². The Balaban J connectivity index is 1.04. The van der Waals surface area contributed by atoms with Gasteiger partial charge in [-0.15, -0.1) is 0 Å². The van der Waals surface area contributed by atoms with Gasteiger partial charge in [-0.3, -0.25) is 19.5 Å². The van der Waals surface area contributed by atoms with Gasteiger partial charge in [0.1, 0.15) is 11.5 Å². The molecular formula is C30H31N5O3S. The zero-order chi connectivity index (χ0) is 27.0. The standard InChI is InChI=1S/C30H31N5O3S/c1-30(2)15-23(29(37)33-17-21-13-20-16-31-10-9-22(20)34-21)35(18-30)12-11-32-28(36)19-7-8-27-25(14-19)38-24-5-3-4-6-26(24)39-27/h3-10,13-14,16,23,34H,11-12,15,17-18H2,1-2H3,(H,32,36)(H,33,37)/t23-/m0/s1. The SMILES string of the molecule is CC1(C)C[C@@H](C(=O)NCc2cc3cnccc3[nH]2)N(CCNC(=O)c2ccc3c(c2)Oc2ccccc2S3)C1. The predicted molar refractivity (Wildman–Crippen MR) is 151 cm³/mol. The summed E-state index contributed by atoms with van der Waals surface area (Å²) in [5.74, 6) is 1.34. The summed E-state index contributed by atoms with van der Waals surface area (Å²) >= 11 is 1.64. The Morgan fingerprint density at radius 1 is 1.10 bits per heavy atom. The second-order valence-electron chi connectivity index (χ2n) is 10.9. The first-order valence-corrected chi connectivity index (χ1v) is 14.0. The molecule has 39 heavy (non-hydrogen) atoms. The minimum atomic E-state index is -0.239. The Morgan fingerprint density at radius 3 is 2.82 bits per heavy atom. The summed E-state index contributed by atoms with van der Waals surface area (Å²) in [6.07, 6.45) is 4.32. The highest BCUT2D eigenvalue weighted by Crippen LogP contribution is 2.46. The molecule has 8 nitrogen and oxygen atoms in total. The number of nitrogens with zero attached hydrogens (tertiary/aromatic N) is 2. The number of benzene rings is 2. The molecule has 0 saturated carbocycles. The van der Waals surface area contributed by atoms with Crippen molar-refractivity contribution >= 4 is 34.5 Å². The molecule has 1 fully saturated rings. The van der Waals surface area contributed by atoms with Gasteiger partial charge in [-0.1, -0.05) is 37.7 Å². The fraction of sp³-hybridized carbons (Fsp3) is 0.300. The molecular weight excluding hydrogens is 510 g/mol. The van der Waals surface area contributed by atoms with Crippen LogP contribution in [-0.4, -0.2) is 52.4 Å². The van der Waals surface area contributed by atoms with Crippen molar-refractivity contribution < 1.29 is 14.3 Å². The number of pyridine rings is 1.